The molecule has 6 heteroatoms. The normalized spacial score (nSPS) is 22.7. The molecule has 1 saturated heterocycles. The van der Waals surface area contributed by atoms with E-state index in [0.717, 1.165) is 18.7 Å². The molecule has 0 aromatic carbocycles. The van der Waals surface area contributed by atoms with Crippen molar-refractivity contribution in [3.8, 4) is 0 Å². The first-order valence-corrected chi connectivity index (χ1v) is 6.64. The largest absolute Gasteiger partial charge is 0.366 e. The van der Waals surface area contributed by atoms with Crippen LogP contribution in [0.15, 0.2) is 6.20 Å². The van der Waals surface area contributed by atoms with Crippen LogP contribution in [0.1, 0.15) is 40.5 Å². The Kier molecular flexibility index (Phi) is 3.42. The first-order chi connectivity index (χ1) is 8.26. The molecule has 2 heterocycles. The Hall–Kier alpha value is -1.01. The average Bonchev–Trinajstić information content (AvgIpc) is 2.11. The van der Waals surface area contributed by atoms with Crippen LogP contribution >= 0.6 is 12.2 Å². The van der Waals surface area contributed by atoms with Crippen LogP contribution in [-0.2, 0) is 0 Å². The second-order valence-corrected chi connectivity index (χ2v) is 6.70. The summed E-state index contributed by atoms with van der Waals surface area (Å²) in [5, 5.41) is 13.7. The molecule has 0 radical (unpaired) electrons. The highest BCUT2D eigenvalue weighted by molar-refractivity contribution is 7.71. The van der Waals surface area contributed by atoms with Crippen LogP contribution in [-0.4, -0.2) is 32.3 Å². The average molecular weight is 267 g/mol. The summed E-state index contributed by atoms with van der Waals surface area (Å²) >= 11 is 4.98. The van der Waals surface area contributed by atoms with E-state index in [-0.39, 0.29) is 11.1 Å². The zero-order chi connectivity index (χ0) is 13.4. The molecule has 3 N–H and O–H groups in total. The number of H-pyrrole nitrogens is 1. The Morgan fingerprint density at radius 2 is 1.89 bits per heavy atom. The third-order valence-corrected chi connectivity index (χ3v) is 3.29. The molecule has 1 aliphatic heterocycles. The van der Waals surface area contributed by atoms with Gasteiger partial charge < -0.3 is 10.6 Å². The summed E-state index contributed by atoms with van der Waals surface area (Å²) in [7, 11) is 0. The van der Waals surface area contributed by atoms with Gasteiger partial charge in [-0.15, -0.1) is 0 Å². The van der Waals surface area contributed by atoms with Crippen molar-refractivity contribution in [1.29, 1.82) is 0 Å². The molecule has 0 aliphatic carbocycles. The van der Waals surface area contributed by atoms with Gasteiger partial charge in [0.15, 0.2) is 0 Å². The van der Waals surface area contributed by atoms with Crippen molar-refractivity contribution in [2.24, 2.45) is 0 Å². The van der Waals surface area contributed by atoms with Gasteiger partial charge in [-0.25, -0.2) is 4.98 Å². The van der Waals surface area contributed by atoms with Gasteiger partial charge in [-0.1, -0.05) is 0 Å². The van der Waals surface area contributed by atoms with Gasteiger partial charge in [0, 0.05) is 17.1 Å². The van der Waals surface area contributed by atoms with E-state index >= 15 is 0 Å². The third-order valence-electron chi connectivity index (χ3n) is 3.11. The lowest BCUT2D eigenvalue weighted by Gasteiger charge is -2.46. The van der Waals surface area contributed by atoms with Crippen molar-refractivity contribution in [1.82, 2.24) is 20.5 Å². The maximum Gasteiger partial charge on any atom is 0.215 e. The fraction of sp³-hybridized carbons (Fsp3) is 0.750. The molecule has 0 bridgehead atoms. The summed E-state index contributed by atoms with van der Waals surface area (Å²) < 4.78 is 0.410. The molecule has 0 amide bonds. The first kappa shape index (κ1) is 13.4. The van der Waals surface area contributed by atoms with E-state index in [4.69, 9.17) is 12.2 Å². The van der Waals surface area contributed by atoms with Gasteiger partial charge >= 0.3 is 0 Å². The number of aromatic amines is 1. The second kappa shape index (κ2) is 4.59. The Balaban J connectivity index is 2.12. The molecule has 5 nitrogen and oxygen atoms in total. The molecule has 18 heavy (non-hydrogen) atoms. The zero-order valence-electron chi connectivity index (χ0n) is 11.4. The molecular weight excluding hydrogens is 246 g/mol. The van der Waals surface area contributed by atoms with Crippen LogP contribution in [0.3, 0.4) is 0 Å². The van der Waals surface area contributed by atoms with Crippen LogP contribution in [0.4, 0.5) is 5.82 Å². The SMILES string of the molecule is CC1(C)CC(Nc2cn[nH]c(=S)n2)CC(C)(C)N1. The van der Waals surface area contributed by atoms with Gasteiger partial charge in [0.05, 0.1) is 6.20 Å². The molecular formula is C12H21N5S. The zero-order valence-corrected chi connectivity index (χ0v) is 12.2. The van der Waals surface area contributed by atoms with Gasteiger partial charge in [-0.3, -0.25) is 5.10 Å². The summed E-state index contributed by atoms with van der Waals surface area (Å²) in [5.74, 6) is 0.747. The number of hydrogen-bond acceptors (Lipinski definition) is 5. The Morgan fingerprint density at radius 1 is 1.28 bits per heavy atom. The van der Waals surface area contributed by atoms with E-state index in [1.54, 1.807) is 6.20 Å². The highest BCUT2D eigenvalue weighted by atomic mass is 32.1. The second-order valence-electron chi connectivity index (χ2n) is 6.31. The predicted molar refractivity (Wildman–Crippen MR) is 75.2 cm³/mol. The van der Waals surface area contributed by atoms with Crippen LogP contribution in [0, 0.1) is 4.77 Å². The van der Waals surface area contributed by atoms with Crippen LogP contribution < -0.4 is 10.6 Å². The number of piperidine rings is 1. The maximum atomic E-state index is 4.98. The van der Waals surface area contributed by atoms with E-state index in [0.29, 0.717) is 10.8 Å². The van der Waals surface area contributed by atoms with E-state index in [1.807, 2.05) is 0 Å². The lowest BCUT2D eigenvalue weighted by atomic mass is 9.79. The van der Waals surface area contributed by atoms with Gasteiger partial charge in [0.25, 0.3) is 0 Å². The standard InChI is InChI=1S/C12H21N5S/c1-11(2)5-8(6-12(3,4)17-11)14-9-7-13-16-10(18)15-9/h7-8,17H,5-6H2,1-4H3,(H2,14,15,16,18). The number of rotatable bonds is 2. The van der Waals surface area contributed by atoms with Crippen molar-refractivity contribution in [3.63, 3.8) is 0 Å². The Bertz CT molecular complexity index is 463. The molecule has 100 valence electrons. The number of hydrogen-bond donors (Lipinski definition) is 3. The number of nitrogens with zero attached hydrogens (tertiary/aromatic N) is 2. The van der Waals surface area contributed by atoms with Gasteiger partial charge in [-0.05, 0) is 52.8 Å². The lowest BCUT2D eigenvalue weighted by molar-refractivity contribution is 0.170. The van der Waals surface area contributed by atoms with Gasteiger partial charge in [0.2, 0.25) is 4.77 Å². The number of nitrogens with one attached hydrogen (secondary N) is 3. The molecule has 1 fully saturated rings. The van der Waals surface area contributed by atoms with Crippen LogP contribution in [0.25, 0.3) is 0 Å². The third kappa shape index (κ3) is 3.49. The molecule has 2 rings (SSSR count). The summed E-state index contributed by atoms with van der Waals surface area (Å²) in [6.45, 7) is 8.91. The maximum absolute atomic E-state index is 4.98. The van der Waals surface area contributed by atoms with E-state index in [9.17, 15) is 0 Å². The minimum atomic E-state index is 0.116. The highest BCUT2D eigenvalue weighted by Gasteiger charge is 2.37. The van der Waals surface area contributed by atoms with Crippen molar-refractivity contribution in [3.05, 3.63) is 11.0 Å². The van der Waals surface area contributed by atoms with E-state index in [1.165, 1.54) is 0 Å². The van der Waals surface area contributed by atoms with Crippen molar-refractivity contribution in [2.45, 2.75) is 57.7 Å². The highest BCUT2D eigenvalue weighted by Crippen LogP contribution is 2.29. The molecule has 0 saturated carbocycles. The van der Waals surface area contributed by atoms with E-state index < -0.39 is 0 Å². The fourth-order valence-electron chi connectivity index (χ4n) is 3.01. The molecule has 0 spiro atoms. The number of anilines is 1. The lowest BCUT2D eigenvalue weighted by Crippen LogP contribution is -2.60. The first-order valence-electron chi connectivity index (χ1n) is 6.23. The van der Waals surface area contributed by atoms with Crippen LogP contribution in [0.5, 0.6) is 0 Å². The van der Waals surface area contributed by atoms with Gasteiger partial charge in [-0.2, -0.15) is 5.10 Å². The number of aromatic nitrogens is 3. The Morgan fingerprint density at radius 3 is 2.44 bits per heavy atom. The molecule has 0 atom stereocenters. The smallest absolute Gasteiger partial charge is 0.215 e. The Labute approximate surface area is 113 Å². The minimum Gasteiger partial charge on any atom is -0.366 e. The fourth-order valence-corrected chi connectivity index (χ4v) is 3.17. The monoisotopic (exact) mass is 267 g/mol. The molecule has 1 aromatic heterocycles. The van der Waals surface area contributed by atoms with Crippen molar-refractivity contribution >= 4 is 18.0 Å². The topological polar surface area (TPSA) is 65.6 Å². The molecule has 0 unspecified atom stereocenters. The summed E-state index contributed by atoms with van der Waals surface area (Å²) in [6, 6.07) is 0.377. The summed E-state index contributed by atoms with van der Waals surface area (Å²) in [5.41, 5.74) is 0.231. The quantitative estimate of drug-likeness (QED) is 0.717. The van der Waals surface area contributed by atoms with E-state index in [2.05, 4.69) is 53.5 Å². The van der Waals surface area contributed by atoms with Crippen molar-refractivity contribution < 1.29 is 0 Å². The molecule has 1 aliphatic rings. The van der Waals surface area contributed by atoms with Crippen LogP contribution in [0.2, 0.25) is 0 Å². The summed E-state index contributed by atoms with van der Waals surface area (Å²) in [6.07, 6.45) is 3.77. The van der Waals surface area contributed by atoms with Gasteiger partial charge in [0.1, 0.15) is 5.82 Å². The minimum absolute atomic E-state index is 0.116. The molecule has 1 aromatic rings. The van der Waals surface area contributed by atoms with Crippen molar-refractivity contribution in [2.75, 3.05) is 5.32 Å². The summed E-state index contributed by atoms with van der Waals surface area (Å²) in [4.78, 5) is 4.23. The predicted octanol–water partition coefficient (Wildman–Crippen LogP) is 2.26.